The third kappa shape index (κ3) is 4.88. The Morgan fingerprint density at radius 3 is 2.61 bits per heavy atom. The van der Waals surface area contributed by atoms with E-state index in [1.165, 1.54) is 5.56 Å². The summed E-state index contributed by atoms with van der Waals surface area (Å²) >= 11 is 0. The summed E-state index contributed by atoms with van der Waals surface area (Å²) in [7, 11) is 0. The molecule has 0 bridgehead atoms. The molecule has 3 nitrogen and oxygen atoms in total. The molecule has 0 atom stereocenters. The Hall–Kier alpha value is -1.35. The summed E-state index contributed by atoms with van der Waals surface area (Å²) in [5.74, 6) is -0.0114. The maximum absolute atomic E-state index is 11.9. The van der Waals surface area contributed by atoms with Crippen molar-refractivity contribution in [3.8, 4) is 0 Å². The van der Waals surface area contributed by atoms with E-state index in [1.54, 1.807) is 0 Å². The van der Waals surface area contributed by atoms with E-state index in [4.69, 9.17) is 4.74 Å². The molecule has 0 saturated heterocycles. The zero-order chi connectivity index (χ0) is 13.5. The predicted molar refractivity (Wildman–Crippen MR) is 74.0 cm³/mol. The fourth-order valence-corrected chi connectivity index (χ4v) is 1.58. The standard InChI is InChI=1S/C15H23NO2/c1-11(2)18-9-5-8-16-15(17)14-7-6-12(3)13(4)10-14/h6-7,10-11H,5,8-9H2,1-4H3,(H,16,17). The number of hydrogen-bond acceptors (Lipinski definition) is 2. The van der Waals surface area contributed by atoms with Crippen molar-refractivity contribution in [1.82, 2.24) is 5.32 Å². The number of rotatable bonds is 6. The molecule has 1 aromatic rings. The van der Waals surface area contributed by atoms with Crippen molar-refractivity contribution >= 4 is 5.91 Å². The van der Waals surface area contributed by atoms with E-state index in [0.29, 0.717) is 13.2 Å². The molecule has 0 aliphatic rings. The van der Waals surface area contributed by atoms with Crippen LogP contribution in [0.5, 0.6) is 0 Å². The number of nitrogens with one attached hydrogen (secondary N) is 1. The van der Waals surface area contributed by atoms with Crippen molar-refractivity contribution in [1.29, 1.82) is 0 Å². The van der Waals surface area contributed by atoms with Gasteiger partial charge in [0.05, 0.1) is 6.10 Å². The Morgan fingerprint density at radius 1 is 1.28 bits per heavy atom. The van der Waals surface area contributed by atoms with E-state index in [-0.39, 0.29) is 12.0 Å². The van der Waals surface area contributed by atoms with Gasteiger partial charge in [-0.05, 0) is 57.4 Å². The summed E-state index contributed by atoms with van der Waals surface area (Å²) in [6.45, 7) is 9.41. The molecule has 1 aromatic carbocycles. The number of hydrogen-bond donors (Lipinski definition) is 1. The summed E-state index contributed by atoms with van der Waals surface area (Å²) in [5.41, 5.74) is 3.07. The summed E-state index contributed by atoms with van der Waals surface area (Å²) in [6, 6.07) is 5.77. The summed E-state index contributed by atoms with van der Waals surface area (Å²) in [4.78, 5) is 11.9. The zero-order valence-corrected chi connectivity index (χ0v) is 11.7. The van der Waals surface area contributed by atoms with Crippen LogP contribution < -0.4 is 5.32 Å². The molecule has 0 fully saturated rings. The lowest BCUT2D eigenvalue weighted by Crippen LogP contribution is -2.25. The van der Waals surface area contributed by atoms with Crippen LogP contribution in [0.15, 0.2) is 18.2 Å². The highest BCUT2D eigenvalue weighted by atomic mass is 16.5. The number of carbonyl (C=O) groups excluding carboxylic acids is 1. The van der Waals surface area contributed by atoms with E-state index in [1.807, 2.05) is 45.9 Å². The van der Waals surface area contributed by atoms with E-state index in [2.05, 4.69) is 5.32 Å². The average Bonchev–Trinajstić information content (AvgIpc) is 2.31. The number of amides is 1. The molecular weight excluding hydrogens is 226 g/mol. The summed E-state index contributed by atoms with van der Waals surface area (Å²) in [6.07, 6.45) is 1.09. The largest absolute Gasteiger partial charge is 0.379 e. The Kier molecular flexibility index (Phi) is 5.86. The molecule has 1 amide bonds. The van der Waals surface area contributed by atoms with Gasteiger partial charge in [-0.15, -0.1) is 0 Å². The van der Waals surface area contributed by atoms with E-state index >= 15 is 0 Å². The first-order valence-corrected chi connectivity index (χ1v) is 6.47. The minimum absolute atomic E-state index is 0.0114. The lowest BCUT2D eigenvalue weighted by Gasteiger charge is -2.09. The molecule has 0 unspecified atom stereocenters. The minimum atomic E-state index is -0.0114. The van der Waals surface area contributed by atoms with E-state index < -0.39 is 0 Å². The zero-order valence-electron chi connectivity index (χ0n) is 11.7. The van der Waals surface area contributed by atoms with Gasteiger partial charge in [0, 0.05) is 18.7 Å². The van der Waals surface area contributed by atoms with Crippen molar-refractivity contribution in [2.75, 3.05) is 13.2 Å². The van der Waals surface area contributed by atoms with Crippen LogP contribution >= 0.6 is 0 Å². The highest BCUT2D eigenvalue weighted by molar-refractivity contribution is 5.94. The van der Waals surface area contributed by atoms with Gasteiger partial charge in [-0.25, -0.2) is 0 Å². The summed E-state index contributed by atoms with van der Waals surface area (Å²) < 4.78 is 5.41. The smallest absolute Gasteiger partial charge is 0.251 e. The van der Waals surface area contributed by atoms with Crippen molar-refractivity contribution in [2.45, 2.75) is 40.2 Å². The number of ether oxygens (including phenoxy) is 1. The molecule has 0 spiro atoms. The molecule has 0 heterocycles. The molecule has 1 rings (SSSR count). The van der Waals surface area contributed by atoms with Crippen molar-refractivity contribution < 1.29 is 9.53 Å². The average molecular weight is 249 g/mol. The quantitative estimate of drug-likeness (QED) is 0.787. The Labute approximate surface area is 110 Å². The monoisotopic (exact) mass is 249 g/mol. The molecule has 0 aromatic heterocycles. The number of benzene rings is 1. The Balaban J connectivity index is 2.34. The maximum atomic E-state index is 11.9. The van der Waals surface area contributed by atoms with Gasteiger partial charge in [-0.2, -0.15) is 0 Å². The van der Waals surface area contributed by atoms with E-state index in [0.717, 1.165) is 17.5 Å². The topological polar surface area (TPSA) is 38.3 Å². The van der Waals surface area contributed by atoms with Gasteiger partial charge in [0.15, 0.2) is 0 Å². The third-order valence-electron chi connectivity index (χ3n) is 2.83. The van der Waals surface area contributed by atoms with Crippen LogP contribution in [0.3, 0.4) is 0 Å². The van der Waals surface area contributed by atoms with Crippen LogP contribution in [0.4, 0.5) is 0 Å². The van der Waals surface area contributed by atoms with Crippen molar-refractivity contribution in [2.24, 2.45) is 0 Å². The summed E-state index contributed by atoms with van der Waals surface area (Å²) in [5, 5.41) is 2.90. The lowest BCUT2D eigenvalue weighted by atomic mass is 10.1. The highest BCUT2D eigenvalue weighted by Crippen LogP contribution is 2.09. The van der Waals surface area contributed by atoms with Crippen LogP contribution in [0.2, 0.25) is 0 Å². The molecule has 100 valence electrons. The normalized spacial score (nSPS) is 10.7. The molecule has 0 radical (unpaired) electrons. The second-order valence-corrected chi connectivity index (χ2v) is 4.83. The Bertz CT molecular complexity index is 399. The first-order chi connectivity index (χ1) is 8.50. The lowest BCUT2D eigenvalue weighted by molar-refractivity contribution is 0.0757. The fourth-order valence-electron chi connectivity index (χ4n) is 1.58. The van der Waals surface area contributed by atoms with Crippen LogP contribution in [0.1, 0.15) is 41.8 Å². The van der Waals surface area contributed by atoms with Crippen LogP contribution in [-0.2, 0) is 4.74 Å². The molecule has 1 N–H and O–H groups in total. The second-order valence-electron chi connectivity index (χ2n) is 4.83. The first-order valence-electron chi connectivity index (χ1n) is 6.47. The SMILES string of the molecule is Cc1ccc(C(=O)NCCCOC(C)C)cc1C. The highest BCUT2D eigenvalue weighted by Gasteiger charge is 2.05. The van der Waals surface area contributed by atoms with Gasteiger partial charge in [-0.1, -0.05) is 6.07 Å². The van der Waals surface area contributed by atoms with Gasteiger partial charge >= 0.3 is 0 Å². The van der Waals surface area contributed by atoms with Crippen LogP contribution in [-0.4, -0.2) is 25.2 Å². The van der Waals surface area contributed by atoms with Crippen LogP contribution in [0, 0.1) is 13.8 Å². The van der Waals surface area contributed by atoms with Crippen molar-refractivity contribution in [3.63, 3.8) is 0 Å². The maximum Gasteiger partial charge on any atom is 0.251 e. The molecular formula is C15H23NO2. The first kappa shape index (κ1) is 14.7. The fraction of sp³-hybridized carbons (Fsp3) is 0.533. The molecule has 0 aliphatic heterocycles. The van der Waals surface area contributed by atoms with Gasteiger partial charge in [-0.3, -0.25) is 4.79 Å². The number of aryl methyl sites for hydroxylation is 2. The van der Waals surface area contributed by atoms with Gasteiger partial charge < -0.3 is 10.1 Å². The van der Waals surface area contributed by atoms with Crippen LogP contribution in [0.25, 0.3) is 0 Å². The predicted octanol–water partition coefficient (Wildman–Crippen LogP) is 2.85. The molecule has 0 aliphatic carbocycles. The van der Waals surface area contributed by atoms with Gasteiger partial charge in [0.25, 0.3) is 5.91 Å². The molecule has 3 heteroatoms. The Morgan fingerprint density at radius 2 is 2.00 bits per heavy atom. The number of carbonyl (C=O) groups is 1. The van der Waals surface area contributed by atoms with Gasteiger partial charge in [0.2, 0.25) is 0 Å². The molecule has 0 saturated carbocycles. The van der Waals surface area contributed by atoms with Crippen molar-refractivity contribution in [3.05, 3.63) is 34.9 Å². The second kappa shape index (κ2) is 7.17. The third-order valence-corrected chi connectivity index (χ3v) is 2.83. The molecule has 18 heavy (non-hydrogen) atoms. The van der Waals surface area contributed by atoms with E-state index in [9.17, 15) is 4.79 Å². The minimum Gasteiger partial charge on any atom is -0.379 e. The van der Waals surface area contributed by atoms with Gasteiger partial charge in [0.1, 0.15) is 0 Å².